The first-order valence-electron chi connectivity index (χ1n) is 7.98. The van der Waals surface area contributed by atoms with E-state index in [0.29, 0.717) is 27.9 Å². The highest BCUT2D eigenvalue weighted by molar-refractivity contribution is 6.31. The first-order valence-corrected chi connectivity index (χ1v) is 8.36. The fraction of sp³-hybridized carbons (Fsp3) is 0.235. The zero-order valence-corrected chi connectivity index (χ0v) is 14.9. The van der Waals surface area contributed by atoms with E-state index in [2.05, 4.69) is 20.4 Å². The van der Waals surface area contributed by atoms with E-state index in [1.165, 1.54) is 6.07 Å². The summed E-state index contributed by atoms with van der Waals surface area (Å²) in [4.78, 5) is 8.65. The standard InChI is InChI=1S/C17H19ClN6O2/c1-10(8-25)21-17-20-3-2-15(22-17)14-7-24(9-19)23-16(14)11-4-12(18)6-13(26)5-11/h2-7,10,25-26H,8-9,19H2,1H3,(H,20,21,22). The van der Waals surface area contributed by atoms with Gasteiger partial charge in [0, 0.05) is 34.6 Å². The van der Waals surface area contributed by atoms with Gasteiger partial charge in [0.2, 0.25) is 5.95 Å². The topological polar surface area (TPSA) is 122 Å². The Kier molecular flexibility index (Phi) is 5.36. The van der Waals surface area contributed by atoms with Crippen LogP contribution in [0.15, 0.2) is 36.7 Å². The predicted molar refractivity (Wildman–Crippen MR) is 99.7 cm³/mol. The molecule has 0 aliphatic heterocycles. The Morgan fingerprint density at radius 2 is 2.15 bits per heavy atom. The van der Waals surface area contributed by atoms with Crippen LogP contribution in [-0.4, -0.2) is 42.6 Å². The van der Waals surface area contributed by atoms with Crippen molar-refractivity contribution in [2.45, 2.75) is 19.6 Å². The van der Waals surface area contributed by atoms with Gasteiger partial charge in [-0.2, -0.15) is 5.10 Å². The van der Waals surface area contributed by atoms with Crippen LogP contribution in [0, 0.1) is 0 Å². The van der Waals surface area contributed by atoms with Crippen LogP contribution >= 0.6 is 11.6 Å². The molecule has 26 heavy (non-hydrogen) atoms. The van der Waals surface area contributed by atoms with Crippen LogP contribution in [0.2, 0.25) is 5.02 Å². The Bertz CT molecular complexity index is 894. The first-order chi connectivity index (χ1) is 12.5. The quantitative estimate of drug-likeness (QED) is 0.521. The van der Waals surface area contributed by atoms with Gasteiger partial charge in [-0.15, -0.1) is 0 Å². The zero-order chi connectivity index (χ0) is 18.7. The highest BCUT2D eigenvalue weighted by Crippen LogP contribution is 2.33. The summed E-state index contributed by atoms with van der Waals surface area (Å²) in [5.41, 5.74) is 8.30. The average molecular weight is 375 g/mol. The Labute approximate surface area is 155 Å². The second-order valence-electron chi connectivity index (χ2n) is 5.80. The number of rotatable bonds is 6. The highest BCUT2D eigenvalue weighted by Gasteiger charge is 2.16. The summed E-state index contributed by atoms with van der Waals surface area (Å²) in [5.74, 6) is 0.437. The minimum absolute atomic E-state index is 0.0360. The number of nitrogens with zero attached hydrogens (tertiary/aromatic N) is 4. The fourth-order valence-electron chi connectivity index (χ4n) is 2.47. The van der Waals surface area contributed by atoms with Crippen molar-refractivity contribution in [2.24, 2.45) is 5.73 Å². The van der Waals surface area contributed by atoms with Crippen molar-refractivity contribution in [1.29, 1.82) is 0 Å². The molecule has 1 aromatic carbocycles. The van der Waals surface area contributed by atoms with Crippen molar-refractivity contribution in [3.8, 4) is 28.3 Å². The maximum Gasteiger partial charge on any atom is 0.223 e. The zero-order valence-electron chi connectivity index (χ0n) is 14.1. The number of aliphatic hydroxyl groups is 1. The minimum Gasteiger partial charge on any atom is -0.508 e. The van der Waals surface area contributed by atoms with Gasteiger partial charge in [0.1, 0.15) is 11.4 Å². The van der Waals surface area contributed by atoms with Gasteiger partial charge >= 0.3 is 0 Å². The molecular formula is C17H19ClN6O2. The molecule has 136 valence electrons. The van der Waals surface area contributed by atoms with E-state index in [1.807, 2.05) is 6.92 Å². The largest absolute Gasteiger partial charge is 0.508 e. The van der Waals surface area contributed by atoms with Crippen molar-refractivity contribution in [3.63, 3.8) is 0 Å². The summed E-state index contributed by atoms with van der Waals surface area (Å²) in [7, 11) is 0. The van der Waals surface area contributed by atoms with Crippen molar-refractivity contribution in [1.82, 2.24) is 19.7 Å². The lowest BCUT2D eigenvalue weighted by Crippen LogP contribution is -2.20. The molecule has 3 aromatic rings. The van der Waals surface area contributed by atoms with E-state index in [1.54, 1.807) is 35.3 Å². The molecule has 0 spiro atoms. The predicted octanol–water partition coefficient (Wildman–Crippen LogP) is 2.07. The van der Waals surface area contributed by atoms with Gasteiger partial charge in [-0.25, -0.2) is 9.97 Å². The van der Waals surface area contributed by atoms with Crippen LogP contribution in [0.3, 0.4) is 0 Å². The number of aromatic nitrogens is 4. The van der Waals surface area contributed by atoms with E-state index in [9.17, 15) is 10.2 Å². The molecule has 1 unspecified atom stereocenters. The minimum atomic E-state index is -0.179. The van der Waals surface area contributed by atoms with Crippen LogP contribution in [0.1, 0.15) is 6.92 Å². The van der Waals surface area contributed by atoms with Crippen molar-refractivity contribution in [3.05, 3.63) is 41.7 Å². The van der Waals surface area contributed by atoms with E-state index in [4.69, 9.17) is 17.3 Å². The van der Waals surface area contributed by atoms with Gasteiger partial charge in [0.05, 0.1) is 19.0 Å². The Morgan fingerprint density at radius 1 is 1.35 bits per heavy atom. The molecule has 0 aliphatic rings. The molecular weight excluding hydrogens is 356 g/mol. The molecule has 2 aromatic heterocycles. The molecule has 0 saturated heterocycles. The van der Waals surface area contributed by atoms with Crippen LogP contribution in [0.25, 0.3) is 22.5 Å². The number of hydrogen-bond donors (Lipinski definition) is 4. The smallest absolute Gasteiger partial charge is 0.223 e. The maximum absolute atomic E-state index is 9.85. The number of nitrogens with two attached hydrogens (primary N) is 1. The SMILES string of the molecule is CC(CO)Nc1nccc(-c2cn(CN)nc2-c2cc(O)cc(Cl)c2)n1. The van der Waals surface area contributed by atoms with Crippen LogP contribution in [0.5, 0.6) is 5.75 Å². The molecule has 0 amide bonds. The molecule has 1 atom stereocenters. The van der Waals surface area contributed by atoms with Gasteiger partial charge < -0.3 is 21.3 Å². The maximum atomic E-state index is 9.85. The number of aromatic hydroxyl groups is 1. The van der Waals surface area contributed by atoms with Crippen LogP contribution in [-0.2, 0) is 6.67 Å². The number of halogens is 1. The Hall–Kier alpha value is -2.68. The lowest BCUT2D eigenvalue weighted by molar-refractivity contribution is 0.281. The fourth-order valence-corrected chi connectivity index (χ4v) is 2.70. The van der Waals surface area contributed by atoms with Gasteiger partial charge in [0.15, 0.2) is 0 Å². The first kappa shape index (κ1) is 18.1. The number of phenols is 1. The summed E-state index contributed by atoms with van der Waals surface area (Å²) in [5, 5.41) is 26.9. The molecule has 5 N–H and O–H groups in total. The normalized spacial score (nSPS) is 12.2. The van der Waals surface area contributed by atoms with E-state index >= 15 is 0 Å². The van der Waals surface area contributed by atoms with Gasteiger partial charge in [-0.1, -0.05) is 11.6 Å². The van der Waals surface area contributed by atoms with Crippen molar-refractivity contribution < 1.29 is 10.2 Å². The third-order valence-electron chi connectivity index (χ3n) is 3.69. The summed E-state index contributed by atoms with van der Waals surface area (Å²) in [6, 6.07) is 6.31. The van der Waals surface area contributed by atoms with Crippen LogP contribution < -0.4 is 11.1 Å². The van der Waals surface area contributed by atoms with E-state index in [0.717, 1.165) is 5.56 Å². The molecule has 2 heterocycles. The van der Waals surface area contributed by atoms with E-state index < -0.39 is 0 Å². The summed E-state index contributed by atoms with van der Waals surface area (Å²) in [6.45, 7) is 1.98. The van der Waals surface area contributed by atoms with Crippen LogP contribution in [0.4, 0.5) is 5.95 Å². The molecule has 0 bridgehead atoms. The van der Waals surface area contributed by atoms with Gasteiger partial charge in [0.25, 0.3) is 0 Å². The highest BCUT2D eigenvalue weighted by atomic mass is 35.5. The molecule has 0 saturated carbocycles. The molecule has 8 nitrogen and oxygen atoms in total. The van der Waals surface area contributed by atoms with Crippen molar-refractivity contribution >= 4 is 17.5 Å². The third kappa shape index (κ3) is 3.93. The number of phenolic OH excluding ortho intramolecular Hbond substituents is 1. The molecule has 0 radical (unpaired) electrons. The van der Waals surface area contributed by atoms with Gasteiger partial charge in [-0.05, 0) is 31.2 Å². The Morgan fingerprint density at radius 3 is 2.85 bits per heavy atom. The molecule has 0 fully saturated rings. The number of aliphatic hydroxyl groups excluding tert-OH is 1. The lowest BCUT2D eigenvalue weighted by Gasteiger charge is -2.11. The number of hydrogen-bond acceptors (Lipinski definition) is 7. The Balaban J connectivity index is 2.08. The van der Waals surface area contributed by atoms with Crippen molar-refractivity contribution in [2.75, 3.05) is 11.9 Å². The number of nitrogens with one attached hydrogen (secondary N) is 1. The average Bonchev–Trinajstić information content (AvgIpc) is 3.05. The lowest BCUT2D eigenvalue weighted by atomic mass is 10.1. The summed E-state index contributed by atoms with van der Waals surface area (Å²) >= 11 is 6.06. The monoisotopic (exact) mass is 374 g/mol. The molecule has 0 aliphatic carbocycles. The second kappa shape index (κ2) is 7.69. The van der Waals surface area contributed by atoms with Gasteiger partial charge in [-0.3, -0.25) is 4.68 Å². The molecule has 3 rings (SSSR count). The number of anilines is 1. The number of benzene rings is 1. The second-order valence-corrected chi connectivity index (χ2v) is 6.24. The summed E-state index contributed by atoms with van der Waals surface area (Å²) < 4.78 is 1.58. The third-order valence-corrected chi connectivity index (χ3v) is 3.90. The summed E-state index contributed by atoms with van der Waals surface area (Å²) in [6.07, 6.45) is 3.39. The molecule has 9 heteroatoms. The van der Waals surface area contributed by atoms with E-state index in [-0.39, 0.29) is 25.1 Å².